The molecule has 0 unspecified atom stereocenters. The molecule has 1 aromatic rings. The molecule has 2 rings (SSSR count). The van der Waals surface area contributed by atoms with Crippen molar-refractivity contribution in [3.8, 4) is 0 Å². The Morgan fingerprint density at radius 3 is 2.83 bits per heavy atom. The van der Waals surface area contributed by atoms with E-state index in [0.717, 1.165) is 18.7 Å². The molecule has 4 nitrogen and oxygen atoms in total. The first-order chi connectivity index (χ1) is 8.34. The van der Waals surface area contributed by atoms with Gasteiger partial charge in [-0.3, -0.25) is 4.79 Å². The fraction of sp³-hybridized carbons (Fsp3) is 0.462. The number of halogens is 1. The molecule has 1 atom stereocenters. The first-order valence-corrected chi connectivity index (χ1v) is 5.86. The van der Waals surface area contributed by atoms with E-state index in [1.54, 1.807) is 0 Å². The van der Waals surface area contributed by atoms with Crippen LogP contribution in [0.5, 0.6) is 0 Å². The van der Waals surface area contributed by atoms with Crippen LogP contribution in [0.25, 0.3) is 0 Å². The summed E-state index contributed by atoms with van der Waals surface area (Å²) in [5, 5.41) is 3.18. The van der Waals surface area contributed by atoms with Gasteiger partial charge in [-0.1, -0.05) is 30.3 Å². The van der Waals surface area contributed by atoms with Gasteiger partial charge in [-0.25, -0.2) is 0 Å². The number of esters is 1. The molecule has 1 saturated heterocycles. The molecule has 1 fully saturated rings. The van der Waals surface area contributed by atoms with Crippen molar-refractivity contribution in [3.63, 3.8) is 0 Å². The third kappa shape index (κ3) is 5.04. The number of ether oxygens (including phenoxy) is 2. The second-order valence-electron chi connectivity index (χ2n) is 4.05. The zero-order valence-corrected chi connectivity index (χ0v) is 10.9. The molecule has 0 aliphatic carbocycles. The van der Waals surface area contributed by atoms with Crippen molar-refractivity contribution < 1.29 is 14.3 Å². The fourth-order valence-corrected chi connectivity index (χ4v) is 1.73. The van der Waals surface area contributed by atoms with E-state index >= 15 is 0 Å². The third-order valence-electron chi connectivity index (χ3n) is 2.64. The molecule has 0 spiro atoms. The van der Waals surface area contributed by atoms with Crippen LogP contribution in [0, 0.1) is 0 Å². The van der Waals surface area contributed by atoms with E-state index in [2.05, 4.69) is 5.32 Å². The molecular weight excluding hydrogens is 254 g/mol. The number of hydrogen-bond donors (Lipinski definition) is 1. The van der Waals surface area contributed by atoms with Gasteiger partial charge < -0.3 is 14.8 Å². The van der Waals surface area contributed by atoms with Gasteiger partial charge in [0.15, 0.2) is 0 Å². The Morgan fingerprint density at radius 2 is 2.17 bits per heavy atom. The largest absolute Gasteiger partial charge is 0.461 e. The fourth-order valence-electron chi connectivity index (χ4n) is 1.73. The number of hydrogen-bond acceptors (Lipinski definition) is 4. The molecule has 0 bridgehead atoms. The zero-order chi connectivity index (χ0) is 11.9. The van der Waals surface area contributed by atoms with Crippen LogP contribution in [-0.2, 0) is 20.9 Å². The summed E-state index contributed by atoms with van der Waals surface area (Å²) >= 11 is 0. The second-order valence-corrected chi connectivity index (χ2v) is 4.05. The highest BCUT2D eigenvalue weighted by Crippen LogP contribution is 2.06. The Labute approximate surface area is 113 Å². The number of morpholine rings is 1. The van der Waals surface area contributed by atoms with Gasteiger partial charge in [-0.05, 0) is 5.56 Å². The van der Waals surface area contributed by atoms with Gasteiger partial charge in [0.1, 0.15) is 6.61 Å². The van der Waals surface area contributed by atoms with Gasteiger partial charge >= 0.3 is 5.97 Å². The summed E-state index contributed by atoms with van der Waals surface area (Å²) in [6.45, 7) is 2.58. The average Bonchev–Trinajstić information content (AvgIpc) is 2.39. The highest BCUT2D eigenvalue weighted by Gasteiger charge is 2.18. The Balaban J connectivity index is 0.00000162. The maximum absolute atomic E-state index is 11.6. The quantitative estimate of drug-likeness (QED) is 0.844. The lowest BCUT2D eigenvalue weighted by Gasteiger charge is -2.22. The summed E-state index contributed by atoms with van der Waals surface area (Å²) in [6.07, 6.45) is 0.270. The van der Waals surface area contributed by atoms with Crippen LogP contribution < -0.4 is 5.32 Å². The molecule has 0 radical (unpaired) electrons. The van der Waals surface area contributed by atoms with E-state index in [9.17, 15) is 4.79 Å². The van der Waals surface area contributed by atoms with E-state index in [1.165, 1.54) is 0 Å². The minimum absolute atomic E-state index is 0. The zero-order valence-electron chi connectivity index (χ0n) is 10.1. The predicted octanol–water partition coefficient (Wildman–Crippen LogP) is 1.53. The smallest absolute Gasteiger partial charge is 0.308 e. The number of benzene rings is 1. The summed E-state index contributed by atoms with van der Waals surface area (Å²) in [5.74, 6) is -0.206. The second kappa shape index (κ2) is 8.08. The molecular formula is C13H18ClNO3. The molecule has 1 aliphatic rings. The summed E-state index contributed by atoms with van der Waals surface area (Å²) in [7, 11) is 0. The van der Waals surface area contributed by atoms with Crippen LogP contribution in [0.1, 0.15) is 12.0 Å². The van der Waals surface area contributed by atoms with Crippen molar-refractivity contribution in [1.82, 2.24) is 5.32 Å². The number of carbonyl (C=O) groups excluding carboxylic acids is 1. The maximum atomic E-state index is 11.6. The van der Waals surface area contributed by atoms with E-state index < -0.39 is 0 Å². The molecule has 0 amide bonds. The van der Waals surface area contributed by atoms with Crippen molar-refractivity contribution in [2.75, 3.05) is 19.7 Å². The highest BCUT2D eigenvalue weighted by atomic mass is 35.5. The first kappa shape index (κ1) is 15.0. The van der Waals surface area contributed by atoms with Crippen LogP contribution in [0.4, 0.5) is 0 Å². The van der Waals surface area contributed by atoms with Gasteiger partial charge in [-0.15, -0.1) is 12.4 Å². The van der Waals surface area contributed by atoms with E-state index in [0.29, 0.717) is 19.6 Å². The van der Waals surface area contributed by atoms with Crippen molar-refractivity contribution >= 4 is 18.4 Å². The number of nitrogens with one attached hydrogen (secondary N) is 1. The average molecular weight is 272 g/mol. The van der Waals surface area contributed by atoms with Crippen LogP contribution in [0.3, 0.4) is 0 Å². The molecule has 18 heavy (non-hydrogen) atoms. The van der Waals surface area contributed by atoms with Crippen molar-refractivity contribution in [1.29, 1.82) is 0 Å². The molecule has 100 valence electrons. The van der Waals surface area contributed by atoms with Crippen LogP contribution in [0.2, 0.25) is 0 Å². The lowest BCUT2D eigenvalue weighted by Crippen LogP contribution is -2.39. The maximum Gasteiger partial charge on any atom is 0.308 e. The highest BCUT2D eigenvalue weighted by molar-refractivity contribution is 5.85. The van der Waals surface area contributed by atoms with Gasteiger partial charge in [-0.2, -0.15) is 0 Å². The van der Waals surface area contributed by atoms with Gasteiger partial charge in [0, 0.05) is 13.1 Å². The van der Waals surface area contributed by atoms with Crippen molar-refractivity contribution in [3.05, 3.63) is 35.9 Å². The van der Waals surface area contributed by atoms with Crippen LogP contribution in [-0.4, -0.2) is 31.8 Å². The molecule has 1 N–H and O–H groups in total. The van der Waals surface area contributed by atoms with Gasteiger partial charge in [0.05, 0.1) is 19.1 Å². The number of carbonyl (C=O) groups is 1. The Hall–Kier alpha value is -1.10. The van der Waals surface area contributed by atoms with E-state index in [-0.39, 0.29) is 24.5 Å². The number of rotatable bonds is 4. The summed E-state index contributed by atoms with van der Waals surface area (Å²) in [4.78, 5) is 11.6. The van der Waals surface area contributed by atoms with Gasteiger partial charge in [0.25, 0.3) is 0 Å². The van der Waals surface area contributed by atoms with Crippen molar-refractivity contribution in [2.45, 2.75) is 19.1 Å². The Morgan fingerprint density at radius 1 is 1.39 bits per heavy atom. The molecule has 5 heteroatoms. The SMILES string of the molecule is Cl.O=C(C[C@@H]1CNCCO1)OCc1ccccc1. The lowest BCUT2D eigenvalue weighted by molar-refractivity contribution is -0.148. The predicted molar refractivity (Wildman–Crippen MR) is 70.7 cm³/mol. The van der Waals surface area contributed by atoms with Crippen LogP contribution >= 0.6 is 12.4 Å². The van der Waals surface area contributed by atoms with E-state index in [4.69, 9.17) is 9.47 Å². The standard InChI is InChI=1S/C13H17NO3.ClH/c15-13(8-12-9-14-6-7-16-12)17-10-11-4-2-1-3-5-11;/h1-5,12,14H,6-10H2;1H/t12-;/m1./s1. The Bertz CT molecular complexity index is 353. The first-order valence-electron chi connectivity index (χ1n) is 5.86. The van der Waals surface area contributed by atoms with Crippen LogP contribution in [0.15, 0.2) is 30.3 Å². The summed E-state index contributed by atoms with van der Waals surface area (Å²) < 4.78 is 10.6. The topological polar surface area (TPSA) is 47.6 Å². The summed E-state index contributed by atoms with van der Waals surface area (Å²) in [6, 6.07) is 9.67. The van der Waals surface area contributed by atoms with E-state index in [1.807, 2.05) is 30.3 Å². The minimum Gasteiger partial charge on any atom is -0.461 e. The monoisotopic (exact) mass is 271 g/mol. The molecule has 1 aliphatic heterocycles. The summed E-state index contributed by atoms with van der Waals surface area (Å²) in [5.41, 5.74) is 1.00. The minimum atomic E-state index is -0.206. The Kier molecular flexibility index (Phi) is 6.72. The normalized spacial score (nSPS) is 18.8. The molecule has 0 aromatic heterocycles. The molecule has 0 saturated carbocycles. The van der Waals surface area contributed by atoms with Gasteiger partial charge in [0.2, 0.25) is 0 Å². The third-order valence-corrected chi connectivity index (χ3v) is 2.64. The van der Waals surface area contributed by atoms with Crippen molar-refractivity contribution in [2.24, 2.45) is 0 Å². The lowest BCUT2D eigenvalue weighted by atomic mass is 10.2. The molecule has 1 heterocycles. The molecule has 1 aromatic carbocycles.